The van der Waals surface area contributed by atoms with E-state index in [9.17, 15) is 19.5 Å². The van der Waals surface area contributed by atoms with Crippen LogP contribution in [0.5, 0.6) is 0 Å². The molecule has 0 spiro atoms. The number of carbonyl (C=O) groups is 3. The van der Waals surface area contributed by atoms with Crippen molar-refractivity contribution in [2.45, 2.75) is 25.2 Å². The van der Waals surface area contributed by atoms with Gasteiger partial charge in [-0.2, -0.15) is 0 Å². The fraction of sp³-hybridized carbons (Fsp3) is 0.250. The molecular weight excluding hydrogens is 348 g/mol. The highest BCUT2D eigenvalue weighted by atomic mass is 16.5. The summed E-state index contributed by atoms with van der Waals surface area (Å²) in [5.74, 6) is -1.99. The first-order valence-corrected chi connectivity index (χ1v) is 8.48. The number of rotatable bonds is 6. The third kappa shape index (κ3) is 3.76. The number of amides is 2. The van der Waals surface area contributed by atoms with Crippen LogP contribution in [0.15, 0.2) is 60.7 Å². The summed E-state index contributed by atoms with van der Waals surface area (Å²) < 4.78 is 4.81. The van der Waals surface area contributed by atoms with E-state index in [2.05, 4.69) is 0 Å². The van der Waals surface area contributed by atoms with Crippen molar-refractivity contribution in [2.75, 3.05) is 7.11 Å². The first kappa shape index (κ1) is 18.4. The van der Waals surface area contributed by atoms with Gasteiger partial charge in [0.15, 0.2) is 12.1 Å². The van der Waals surface area contributed by atoms with E-state index in [1.54, 1.807) is 12.1 Å². The molecule has 0 radical (unpaired) electrons. The van der Waals surface area contributed by atoms with Crippen LogP contribution in [0, 0.1) is 0 Å². The summed E-state index contributed by atoms with van der Waals surface area (Å²) in [7, 11) is 1.19. The van der Waals surface area contributed by atoms with Gasteiger partial charge in [0.05, 0.1) is 7.11 Å². The van der Waals surface area contributed by atoms with E-state index in [4.69, 9.17) is 4.74 Å². The Morgan fingerprint density at radius 2 is 1.33 bits per heavy atom. The number of carboxylic acid groups (broad SMARTS) is 1. The minimum Gasteiger partial charge on any atom is -0.480 e. The molecule has 0 aliphatic carbocycles. The van der Waals surface area contributed by atoms with E-state index in [1.165, 1.54) is 16.9 Å². The number of benzene rings is 2. The number of hydrogen-bond acceptors (Lipinski definition) is 4. The van der Waals surface area contributed by atoms with Crippen molar-refractivity contribution in [3.05, 3.63) is 71.8 Å². The average Bonchev–Trinajstić information content (AvgIpc) is 2.95. The van der Waals surface area contributed by atoms with E-state index in [1.807, 2.05) is 48.5 Å². The Bertz CT molecular complexity index is 825. The number of urea groups is 1. The van der Waals surface area contributed by atoms with E-state index in [0.29, 0.717) is 0 Å². The zero-order valence-corrected chi connectivity index (χ0v) is 14.8. The number of methoxy groups -OCH3 is 1. The van der Waals surface area contributed by atoms with Crippen molar-refractivity contribution < 1.29 is 24.2 Å². The lowest BCUT2D eigenvalue weighted by Gasteiger charge is -2.23. The second-order valence-electron chi connectivity index (χ2n) is 6.26. The third-order valence-corrected chi connectivity index (χ3v) is 4.55. The van der Waals surface area contributed by atoms with Crippen molar-refractivity contribution in [1.82, 2.24) is 9.80 Å². The third-order valence-electron chi connectivity index (χ3n) is 4.55. The van der Waals surface area contributed by atoms with Gasteiger partial charge in [-0.1, -0.05) is 60.7 Å². The Balaban J connectivity index is 1.96. The zero-order valence-electron chi connectivity index (χ0n) is 14.8. The van der Waals surface area contributed by atoms with Gasteiger partial charge in [0.25, 0.3) is 0 Å². The van der Waals surface area contributed by atoms with Crippen molar-refractivity contribution in [1.29, 1.82) is 0 Å². The molecule has 27 heavy (non-hydrogen) atoms. The Kier molecular flexibility index (Phi) is 5.40. The minimum absolute atomic E-state index is 0.0927. The summed E-state index contributed by atoms with van der Waals surface area (Å²) in [5, 5.41) is 9.75. The molecule has 1 heterocycles. The molecule has 3 rings (SSSR count). The molecule has 1 saturated heterocycles. The summed E-state index contributed by atoms with van der Waals surface area (Å²) in [5.41, 5.74) is 1.58. The molecule has 1 fully saturated rings. The Morgan fingerprint density at radius 1 is 0.889 bits per heavy atom. The molecule has 0 saturated carbocycles. The predicted octanol–water partition coefficient (Wildman–Crippen LogP) is 2.12. The van der Waals surface area contributed by atoms with E-state index >= 15 is 0 Å². The molecule has 2 aromatic rings. The van der Waals surface area contributed by atoms with Gasteiger partial charge in [-0.3, -0.25) is 0 Å². The Hall–Kier alpha value is -3.35. The molecule has 1 aliphatic heterocycles. The maximum absolute atomic E-state index is 13.0. The van der Waals surface area contributed by atoms with Crippen LogP contribution in [0.1, 0.15) is 11.1 Å². The van der Waals surface area contributed by atoms with Gasteiger partial charge in [0.2, 0.25) is 0 Å². The molecule has 1 unspecified atom stereocenters. The normalized spacial score (nSPS) is 19.2. The molecule has 7 nitrogen and oxygen atoms in total. The first-order valence-electron chi connectivity index (χ1n) is 8.48. The highest BCUT2D eigenvalue weighted by Gasteiger charge is 2.53. The van der Waals surface area contributed by atoms with Crippen LogP contribution >= 0.6 is 0 Å². The molecule has 1 aliphatic rings. The molecule has 2 aromatic carbocycles. The lowest BCUT2D eigenvalue weighted by atomic mass is 10.1. The quantitative estimate of drug-likeness (QED) is 0.789. The number of esters is 1. The largest absolute Gasteiger partial charge is 0.480 e. The molecular formula is C20H20N2O5. The van der Waals surface area contributed by atoms with Gasteiger partial charge >= 0.3 is 18.0 Å². The number of ether oxygens (including phenoxy) is 1. The van der Waals surface area contributed by atoms with Gasteiger partial charge in [0.1, 0.15) is 0 Å². The van der Waals surface area contributed by atoms with Crippen molar-refractivity contribution in [3.8, 4) is 0 Å². The number of nitrogens with zero attached hydrogens (tertiary/aromatic N) is 2. The fourth-order valence-corrected chi connectivity index (χ4v) is 3.28. The lowest BCUT2D eigenvalue weighted by Crippen LogP contribution is -2.48. The zero-order chi connectivity index (χ0) is 19.4. The molecule has 140 valence electrons. The van der Waals surface area contributed by atoms with Crippen LogP contribution in [0.3, 0.4) is 0 Å². The predicted molar refractivity (Wildman–Crippen MR) is 96.6 cm³/mol. The Labute approximate surface area is 156 Å². The average molecular weight is 368 g/mol. The van der Waals surface area contributed by atoms with Crippen molar-refractivity contribution in [2.24, 2.45) is 0 Å². The van der Waals surface area contributed by atoms with Crippen LogP contribution in [0.4, 0.5) is 4.79 Å². The second-order valence-corrected chi connectivity index (χ2v) is 6.26. The van der Waals surface area contributed by atoms with Crippen molar-refractivity contribution in [3.63, 3.8) is 0 Å². The van der Waals surface area contributed by atoms with Gasteiger partial charge in [-0.25, -0.2) is 14.4 Å². The fourth-order valence-electron chi connectivity index (χ4n) is 3.28. The summed E-state index contributed by atoms with van der Waals surface area (Å²) >= 11 is 0. The van der Waals surface area contributed by atoms with Gasteiger partial charge in [-0.15, -0.1) is 0 Å². The monoisotopic (exact) mass is 368 g/mol. The van der Waals surface area contributed by atoms with E-state index in [-0.39, 0.29) is 13.1 Å². The smallest absolute Gasteiger partial charge is 0.331 e. The number of carbonyl (C=O) groups excluding carboxylic acids is 2. The van der Waals surface area contributed by atoms with Crippen LogP contribution in [-0.2, 0) is 27.4 Å². The molecule has 0 bridgehead atoms. The minimum atomic E-state index is -1.33. The van der Waals surface area contributed by atoms with E-state index in [0.717, 1.165) is 11.1 Å². The molecule has 2 atom stereocenters. The molecule has 2 amide bonds. The molecule has 7 heteroatoms. The van der Waals surface area contributed by atoms with Crippen LogP contribution < -0.4 is 0 Å². The summed E-state index contributed by atoms with van der Waals surface area (Å²) in [4.78, 5) is 39.8. The molecule has 0 aromatic heterocycles. The summed E-state index contributed by atoms with van der Waals surface area (Å²) in [6.07, 6.45) is 0. The summed E-state index contributed by atoms with van der Waals surface area (Å²) in [6.45, 7) is 0.212. The standard InChI is InChI=1S/C20H20N2O5/c1-27-19(25)17-16(18(23)24)21(12-14-8-4-2-5-9-14)20(26)22(17)13-15-10-6-3-7-11-15/h2-11,16-17H,12-13H2,1H3,(H,23,24)/t16-,17?/m0/s1. The van der Waals surface area contributed by atoms with Crippen LogP contribution in [0.2, 0.25) is 0 Å². The second kappa shape index (κ2) is 7.90. The number of carboxylic acids is 1. The highest BCUT2D eigenvalue weighted by Crippen LogP contribution is 2.28. The van der Waals surface area contributed by atoms with E-state index < -0.39 is 30.1 Å². The van der Waals surface area contributed by atoms with Gasteiger partial charge in [0, 0.05) is 13.1 Å². The Morgan fingerprint density at radius 3 is 1.74 bits per heavy atom. The van der Waals surface area contributed by atoms with Crippen molar-refractivity contribution >= 4 is 18.0 Å². The highest BCUT2D eigenvalue weighted by molar-refractivity contribution is 5.96. The maximum atomic E-state index is 13.0. The summed E-state index contributed by atoms with van der Waals surface area (Å²) in [6, 6.07) is 15.1. The number of hydrogen-bond donors (Lipinski definition) is 1. The molecule has 1 N–H and O–H groups in total. The number of aliphatic carboxylic acids is 1. The van der Waals surface area contributed by atoms with Gasteiger partial charge < -0.3 is 19.6 Å². The topological polar surface area (TPSA) is 87.1 Å². The first-order chi connectivity index (χ1) is 13.0. The van der Waals surface area contributed by atoms with Gasteiger partial charge in [-0.05, 0) is 11.1 Å². The maximum Gasteiger partial charge on any atom is 0.331 e. The van der Waals surface area contributed by atoms with Crippen LogP contribution in [0.25, 0.3) is 0 Å². The lowest BCUT2D eigenvalue weighted by molar-refractivity contribution is -0.153. The van der Waals surface area contributed by atoms with Crippen LogP contribution in [-0.4, -0.2) is 52.1 Å². The SMILES string of the molecule is COC(=O)C1[C@@H](C(=O)O)N(Cc2ccccc2)C(=O)N1Cc1ccccc1.